The molecule has 9 heteroatoms. The molecule has 0 atom stereocenters. The second-order valence-electron chi connectivity index (χ2n) is 4.00. The molecule has 107 valence electrons. The Kier molecular flexibility index (Phi) is 2.98. The first-order valence-electron chi connectivity index (χ1n) is 5.50. The van der Waals surface area contributed by atoms with Crippen LogP contribution in [0.15, 0.2) is 28.9 Å². The molecule has 0 fully saturated rings. The van der Waals surface area contributed by atoms with Gasteiger partial charge in [0.05, 0.1) is 6.26 Å². The average molecular weight is 315 g/mol. The third-order valence-corrected chi connectivity index (χ3v) is 3.04. The van der Waals surface area contributed by atoms with Crippen molar-refractivity contribution >= 4 is 23.5 Å². The number of nitrogens with zero attached hydrogens (tertiary/aromatic N) is 3. The van der Waals surface area contributed by atoms with E-state index in [1.165, 1.54) is 24.7 Å². The zero-order chi connectivity index (χ0) is 15.2. The molecule has 0 aliphatic carbocycles. The number of furan rings is 1. The van der Waals surface area contributed by atoms with Crippen LogP contribution >= 0.6 is 11.6 Å². The molecule has 3 aromatic heterocycles. The summed E-state index contributed by atoms with van der Waals surface area (Å²) in [7, 11) is 0. The lowest BCUT2D eigenvalue weighted by Gasteiger charge is -2.09. The van der Waals surface area contributed by atoms with Crippen molar-refractivity contribution in [3.05, 3.63) is 40.9 Å². The van der Waals surface area contributed by atoms with Crippen molar-refractivity contribution in [1.82, 2.24) is 14.6 Å². The third-order valence-electron chi connectivity index (χ3n) is 2.69. The van der Waals surface area contributed by atoms with Crippen molar-refractivity contribution in [3.63, 3.8) is 0 Å². The molecular formula is C12H4ClF3N3O2. The van der Waals surface area contributed by atoms with Crippen LogP contribution in [-0.2, 0) is 11.0 Å². The first-order valence-corrected chi connectivity index (χ1v) is 5.88. The van der Waals surface area contributed by atoms with Gasteiger partial charge in [0.2, 0.25) is 0 Å². The third kappa shape index (κ3) is 2.17. The molecule has 0 aliphatic heterocycles. The van der Waals surface area contributed by atoms with E-state index >= 15 is 0 Å². The molecule has 0 N–H and O–H groups in total. The SMILES string of the molecule is O=[C]c1nn2c(C(F)(F)F)cc(-c3ccco3)nc2c1Cl. The fourth-order valence-corrected chi connectivity index (χ4v) is 2.01. The van der Waals surface area contributed by atoms with E-state index in [0.717, 1.165) is 6.07 Å². The van der Waals surface area contributed by atoms with E-state index < -0.39 is 17.6 Å². The highest BCUT2D eigenvalue weighted by Crippen LogP contribution is 2.34. The Labute approximate surface area is 120 Å². The summed E-state index contributed by atoms with van der Waals surface area (Å²) in [5.41, 5.74) is -1.93. The predicted molar refractivity (Wildman–Crippen MR) is 65.5 cm³/mol. The average Bonchev–Trinajstić information content (AvgIpc) is 3.05. The first-order chi connectivity index (χ1) is 9.91. The molecule has 3 rings (SSSR count). The van der Waals surface area contributed by atoms with E-state index in [2.05, 4.69) is 10.1 Å². The van der Waals surface area contributed by atoms with Crippen LogP contribution in [0.25, 0.3) is 17.1 Å². The summed E-state index contributed by atoms with van der Waals surface area (Å²) in [5, 5.41) is 3.17. The number of rotatable bonds is 2. The topological polar surface area (TPSA) is 60.4 Å². The maximum atomic E-state index is 13.1. The summed E-state index contributed by atoms with van der Waals surface area (Å²) < 4.78 is 44.9. The van der Waals surface area contributed by atoms with E-state index in [1.807, 2.05) is 0 Å². The molecule has 0 aliphatic rings. The zero-order valence-corrected chi connectivity index (χ0v) is 10.7. The van der Waals surface area contributed by atoms with Crippen molar-refractivity contribution in [2.45, 2.75) is 6.18 Å². The summed E-state index contributed by atoms with van der Waals surface area (Å²) in [6, 6.07) is 3.73. The molecule has 0 spiro atoms. The van der Waals surface area contributed by atoms with Crippen molar-refractivity contribution in [1.29, 1.82) is 0 Å². The van der Waals surface area contributed by atoms with Crippen molar-refractivity contribution in [3.8, 4) is 11.5 Å². The number of fused-ring (bicyclic) bond motifs is 1. The molecule has 0 saturated heterocycles. The van der Waals surface area contributed by atoms with E-state index in [0.29, 0.717) is 4.52 Å². The highest BCUT2D eigenvalue weighted by Gasteiger charge is 2.36. The molecule has 3 aromatic rings. The highest BCUT2D eigenvalue weighted by molar-refractivity contribution is 6.35. The van der Waals surface area contributed by atoms with Gasteiger partial charge >= 0.3 is 6.18 Å². The maximum absolute atomic E-state index is 13.1. The monoisotopic (exact) mass is 314 g/mol. The number of halogens is 4. The number of carbonyl (C=O) groups excluding carboxylic acids is 1. The van der Waals surface area contributed by atoms with Gasteiger partial charge in [-0.25, -0.2) is 9.50 Å². The molecule has 3 heterocycles. The van der Waals surface area contributed by atoms with Gasteiger partial charge in [-0.2, -0.15) is 18.3 Å². The Balaban J connectivity index is 2.39. The van der Waals surface area contributed by atoms with E-state index in [4.69, 9.17) is 16.0 Å². The molecule has 0 saturated carbocycles. The smallest absolute Gasteiger partial charge is 0.433 e. The van der Waals surface area contributed by atoms with Gasteiger partial charge < -0.3 is 4.42 Å². The van der Waals surface area contributed by atoms with Gasteiger partial charge in [-0.1, -0.05) is 11.6 Å². The minimum Gasteiger partial charge on any atom is -0.463 e. The standard InChI is InChI=1S/C12H4ClF3N3O2/c13-10-7(5-20)18-19-9(12(14,15)16)4-6(17-11(10)19)8-2-1-3-21-8/h1-4H. The predicted octanol–water partition coefficient (Wildman–Crippen LogP) is 3.12. The quantitative estimate of drug-likeness (QED) is 0.729. The fourth-order valence-electron chi connectivity index (χ4n) is 1.81. The van der Waals surface area contributed by atoms with Crippen LogP contribution in [0.2, 0.25) is 5.02 Å². The van der Waals surface area contributed by atoms with Crippen LogP contribution in [0, 0.1) is 0 Å². The minimum atomic E-state index is -4.71. The van der Waals surface area contributed by atoms with Gasteiger partial charge in [0, 0.05) is 0 Å². The molecule has 21 heavy (non-hydrogen) atoms. The zero-order valence-electron chi connectivity index (χ0n) is 9.98. The molecule has 0 unspecified atom stereocenters. The van der Waals surface area contributed by atoms with Crippen LogP contribution in [0.4, 0.5) is 13.2 Å². The van der Waals surface area contributed by atoms with Crippen LogP contribution in [0.1, 0.15) is 11.4 Å². The summed E-state index contributed by atoms with van der Waals surface area (Å²) in [6.45, 7) is 0. The number of hydrogen-bond acceptors (Lipinski definition) is 4. The van der Waals surface area contributed by atoms with Crippen LogP contribution < -0.4 is 0 Å². The maximum Gasteiger partial charge on any atom is 0.433 e. The van der Waals surface area contributed by atoms with Crippen molar-refractivity contribution < 1.29 is 22.4 Å². The molecule has 0 bridgehead atoms. The van der Waals surface area contributed by atoms with Crippen molar-refractivity contribution in [2.75, 3.05) is 0 Å². The van der Waals surface area contributed by atoms with Crippen LogP contribution in [0.3, 0.4) is 0 Å². The molecule has 0 aromatic carbocycles. The number of aromatic nitrogens is 3. The highest BCUT2D eigenvalue weighted by atomic mass is 35.5. The number of alkyl halides is 3. The lowest BCUT2D eigenvalue weighted by atomic mass is 10.2. The lowest BCUT2D eigenvalue weighted by molar-refractivity contribution is -0.142. The Morgan fingerprint density at radius 1 is 1.38 bits per heavy atom. The summed E-state index contributed by atoms with van der Waals surface area (Å²) in [5.74, 6) is 0.136. The summed E-state index contributed by atoms with van der Waals surface area (Å²) in [6.07, 6.45) is -2.03. The van der Waals surface area contributed by atoms with Crippen LogP contribution in [-0.4, -0.2) is 20.9 Å². The second-order valence-corrected chi connectivity index (χ2v) is 4.38. The largest absolute Gasteiger partial charge is 0.463 e. The number of hydrogen-bond donors (Lipinski definition) is 0. The normalized spacial score (nSPS) is 12.0. The lowest BCUT2D eigenvalue weighted by Crippen LogP contribution is -2.13. The molecule has 5 nitrogen and oxygen atoms in total. The summed E-state index contributed by atoms with van der Waals surface area (Å²) in [4.78, 5) is 14.6. The van der Waals surface area contributed by atoms with Gasteiger partial charge in [-0.15, -0.1) is 0 Å². The van der Waals surface area contributed by atoms with E-state index in [9.17, 15) is 18.0 Å². The second kappa shape index (κ2) is 4.59. The van der Waals surface area contributed by atoms with Gasteiger partial charge in [0.1, 0.15) is 10.7 Å². The fraction of sp³-hybridized carbons (Fsp3) is 0.0833. The minimum absolute atomic E-state index is 0.0703. The van der Waals surface area contributed by atoms with E-state index in [1.54, 1.807) is 0 Å². The Hall–Kier alpha value is -2.35. The molecule has 0 amide bonds. The molecule has 1 radical (unpaired) electrons. The van der Waals surface area contributed by atoms with Crippen LogP contribution in [0.5, 0.6) is 0 Å². The molecular weight excluding hydrogens is 311 g/mol. The van der Waals surface area contributed by atoms with Gasteiger partial charge in [0.15, 0.2) is 22.8 Å². The Morgan fingerprint density at radius 2 is 2.14 bits per heavy atom. The Bertz CT molecular complexity index is 824. The van der Waals surface area contributed by atoms with Gasteiger partial charge in [-0.05, 0) is 18.2 Å². The summed E-state index contributed by atoms with van der Waals surface area (Å²) >= 11 is 5.81. The van der Waals surface area contributed by atoms with Crippen molar-refractivity contribution in [2.24, 2.45) is 0 Å². The Morgan fingerprint density at radius 3 is 2.71 bits per heavy atom. The van der Waals surface area contributed by atoms with Gasteiger partial charge in [-0.3, -0.25) is 4.79 Å². The first kappa shape index (κ1) is 13.6. The van der Waals surface area contributed by atoms with Gasteiger partial charge in [0.25, 0.3) is 6.29 Å². The van der Waals surface area contributed by atoms with E-state index in [-0.39, 0.29) is 22.1 Å².